The van der Waals surface area contributed by atoms with E-state index < -0.39 is 0 Å². The second-order valence-electron chi connectivity index (χ2n) is 9.59. The second-order valence-corrected chi connectivity index (χ2v) is 9.59. The smallest absolute Gasteiger partial charge is 0.399 e. The van der Waals surface area contributed by atoms with E-state index in [-0.39, 0.29) is 18.3 Å². The summed E-state index contributed by atoms with van der Waals surface area (Å²) in [6.45, 7) is 8.45. The minimum Gasteiger partial charge on any atom is -0.399 e. The summed E-state index contributed by atoms with van der Waals surface area (Å²) in [5.41, 5.74) is 5.99. The lowest BCUT2D eigenvalue weighted by Crippen LogP contribution is -2.41. The number of allylic oxidation sites excluding steroid dienone is 8. The van der Waals surface area contributed by atoms with Crippen LogP contribution in [-0.2, 0) is 9.31 Å². The van der Waals surface area contributed by atoms with Gasteiger partial charge in [-0.2, -0.15) is 0 Å². The van der Waals surface area contributed by atoms with Crippen LogP contribution in [0.25, 0.3) is 21.9 Å². The standard InChI is InChI=1S/C26H25BO2/c1-25(2)26(3,4)29-27(28-25)22-15-14-20-18-11-6-9-16-8-5-10-17(23(16)18)19-12-7-13-21(22)24(19)20/h5-16,23H,1-4H3. The van der Waals surface area contributed by atoms with Gasteiger partial charge in [0.2, 0.25) is 0 Å². The van der Waals surface area contributed by atoms with Gasteiger partial charge in [0.15, 0.2) is 0 Å². The zero-order chi connectivity index (χ0) is 20.0. The van der Waals surface area contributed by atoms with Crippen LogP contribution in [0.1, 0.15) is 38.8 Å². The molecule has 0 amide bonds. The molecule has 0 saturated carbocycles. The van der Waals surface area contributed by atoms with Gasteiger partial charge in [0, 0.05) is 11.8 Å². The van der Waals surface area contributed by atoms with Crippen molar-refractivity contribution in [2.75, 3.05) is 0 Å². The van der Waals surface area contributed by atoms with E-state index in [4.69, 9.17) is 9.31 Å². The van der Waals surface area contributed by atoms with Crippen LogP contribution in [0, 0.1) is 11.8 Å². The first kappa shape index (κ1) is 17.5. The van der Waals surface area contributed by atoms with Crippen LogP contribution in [-0.4, -0.2) is 18.3 Å². The lowest BCUT2D eigenvalue weighted by molar-refractivity contribution is 0.00578. The Kier molecular flexibility index (Phi) is 3.39. The predicted molar refractivity (Wildman–Crippen MR) is 121 cm³/mol. The van der Waals surface area contributed by atoms with Crippen LogP contribution < -0.4 is 5.46 Å². The van der Waals surface area contributed by atoms with Crippen LogP contribution in [0.2, 0.25) is 0 Å². The molecule has 3 heteroatoms. The van der Waals surface area contributed by atoms with Gasteiger partial charge in [-0.15, -0.1) is 0 Å². The van der Waals surface area contributed by atoms with E-state index in [2.05, 4.69) is 94.5 Å². The molecule has 0 radical (unpaired) electrons. The third-order valence-electron chi connectivity index (χ3n) is 7.48. The number of hydrogen-bond donors (Lipinski definition) is 0. The highest BCUT2D eigenvalue weighted by Gasteiger charge is 2.52. The normalized spacial score (nSPS) is 27.7. The van der Waals surface area contributed by atoms with Gasteiger partial charge in [-0.3, -0.25) is 0 Å². The molecule has 4 aliphatic rings. The van der Waals surface area contributed by atoms with Crippen molar-refractivity contribution in [1.82, 2.24) is 0 Å². The van der Waals surface area contributed by atoms with Crippen molar-refractivity contribution in [2.45, 2.75) is 38.9 Å². The number of rotatable bonds is 1. The number of fused-ring (bicyclic) bond motifs is 2. The van der Waals surface area contributed by atoms with Crippen molar-refractivity contribution in [2.24, 2.45) is 11.8 Å². The van der Waals surface area contributed by atoms with Crippen LogP contribution in [0.5, 0.6) is 0 Å². The van der Waals surface area contributed by atoms with Crippen molar-refractivity contribution in [3.8, 4) is 0 Å². The highest BCUT2D eigenvalue weighted by atomic mass is 16.7. The van der Waals surface area contributed by atoms with E-state index in [0.717, 1.165) is 5.46 Å². The molecule has 1 heterocycles. The van der Waals surface area contributed by atoms with Crippen molar-refractivity contribution in [3.05, 3.63) is 77.9 Å². The van der Waals surface area contributed by atoms with Gasteiger partial charge < -0.3 is 9.31 Å². The molecule has 1 saturated heterocycles. The summed E-state index contributed by atoms with van der Waals surface area (Å²) in [7, 11) is -0.352. The molecule has 0 spiro atoms. The van der Waals surface area contributed by atoms with E-state index in [1.807, 2.05) is 0 Å². The SMILES string of the molecule is CC1(C)OB(c2ccc3c4c(cccc24)C2=CC=CC4C=CC=C3C24)OC1(C)C. The Morgan fingerprint density at radius 2 is 1.41 bits per heavy atom. The largest absolute Gasteiger partial charge is 0.495 e. The van der Waals surface area contributed by atoms with Crippen LogP contribution in [0.15, 0.2) is 66.8 Å². The van der Waals surface area contributed by atoms with E-state index in [1.165, 1.54) is 33.0 Å². The first-order chi connectivity index (χ1) is 13.9. The lowest BCUT2D eigenvalue weighted by Gasteiger charge is -2.37. The summed E-state index contributed by atoms with van der Waals surface area (Å²) in [5.74, 6) is 0.868. The Balaban J connectivity index is 1.60. The third kappa shape index (κ3) is 2.26. The highest BCUT2D eigenvalue weighted by Crippen LogP contribution is 2.52. The summed E-state index contributed by atoms with van der Waals surface area (Å²) in [4.78, 5) is 0. The monoisotopic (exact) mass is 380 g/mol. The molecular weight excluding hydrogens is 355 g/mol. The van der Waals surface area contributed by atoms with Gasteiger partial charge >= 0.3 is 7.12 Å². The fourth-order valence-electron chi connectivity index (χ4n) is 5.25. The van der Waals surface area contributed by atoms with Crippen molar-refractivity contribution in [1.29, 1.82) is 0 Å². The fraction of sp³-hybridized carbons (Fsp3) is 0.308. The Morgan fingerprint density at radius 3 is 2.07 bits per heavy atom. The van der Waals surface area contributed by atoms with E-state index in [9.17, 15) is 0 Å². The first-order valence-corrected chi connectivity index (χ1v) is 10.6. The molecular formula is C26H25BO2. The number of hydrogen-bond acceptors (Lipinski definition) is 2. The van der Waals surface area contributed by atoms with Gasteiger partial charge in [-0.05, 0) is 66.2 Å². The van der Waals surface area contributed by atoms with Gasteiger partial charge in [0.1, 0.15) is 0 Å². The van der Waals surface area contributed by atoms with Gasteiger partial charge in [-0.25, -0.2) is 0 Å². The molecule has 2 unspecified atom stereocenters. The minimum atomic E-state index is -0.352. The number of benzene rings is 2. The van der Waals surface area contributed by atoms with E-state index in [0.29, 0.717) is 11.8 Å². The van der Waals surface area contributed by atoms with Gasteiger partial charge in [0.25, 0.3) is 0 Å². The molecule has 144 valence electrons. The van der Waals surface area contributed by atoms with Crippen LogP contribution in [0.3, 0.4) is 0 Å². The van der Waals surface area contributed by atoms with Crippen molar-refractivity contribution in [3.63, 3.8) is 0 Å². The molecule has 1 fully saturated rings. The fourth-order valence-corrected chi connectivity index (χ4v) is 5.25. The Bertz CT molecular complexity index is 1120. The molecule has 2 nitrogen and oxygen atoms in total. The summed E-state index contributed by atoms with van der Waals surface area (Å²) in [6, 6.07) is 11.2. The minimum absolute atomic E-state index is 0.344. The Labute approximate surface area is 172 Å². The molecule has 0 aromatic heterocycles. The maximum absolute atomic E-state index is 6.40. The predicted octanol–water partition coefficient (Wildman–Crippen LogP) is 5.29. The summed E-state index contributed by atoms with van der Waals surface area (Å²) < 4.78 is 12.8. The molecule has 3 aliphatic carbocycles. The maximum Gasteiger partial charge on any atom is 0.495 e. The Hall–Kier alpha value is -2.36. The molecule has 29 heavy (non-hydrogen) atoms. The van der Waals surface area contributed by atoms with Crippen molar-refractivity contribution >= 4 is 34.5 Å². The van der Waals surface area contributed by atoms with Crippen LogP contribution in [0.4, 0.5) is 0 Å². The average molecular weight is 380 g/mol. The highest BCUT2D eigenvalue weighted by molar-refractivity contribution is 6.65. The third-order valence-corrected chi connectivity index (χ3v) is 7.48. The summed E-state index contributed by atoms with van der Waals surface area (Å²) >= 11 is 0. The maximum atomic E-state index is 6.40. The second kappa shape index (κ2) is 5.62. The van der Waals surface area contributed by atoms with E-state index >= 15 is 0 Å². The van der Waals surface area contributed by atoms with Crippen LogP contribution >= 0.6 is 0 Å². The average Bonchev–Trinajstić information content (AvgIpc) is 2.92. The molecule has 6 rings (SSSR count). The summed E-state index contributed by atoms with van der Waals surface area (Å²) in [5, 5.41) is 2.57. The van der Waals surface area contributed by atoms with Crippen molar-refractivity contribution < 1.29 is 9.31 Å². The summed E-state index contributed by atoms with van der Waals surface area (Å²) in [6.07, 6.45) is 13.7. The first-order valence-electron chi connectivity index (χ1n) is 10.6. The molecule has 0 bridgehead atoms. The molecule has 2 aromatic rings. The topological polar surface area (TPSA) is 18.5 Å². The lowest BCUT2D eigenvalue weighted by atomic mass is 9.64. The molecule has 2 aromatic carbocycles. The zero-order valence-electron chi connectivity index (χ0n) is 17.4. The zero-order valence-corrected chi connectivity index (χ0v) is 17.4. The molecule has 1 aliphatic heterocycles. The van der Waals surface area contributed by atoms with E-state index in [1.54, 1.807) is 0 Å². The van der Waals surface area contributed by atoms with Gasteiger partial charge in [0.05, 0.1) is 11.2 Å². The molecule has 2 atom stereocenters. The Morgan fingerprint density at radius 1 is 0.793 bits per heavy atom. The quantitative estimate of drug-likeness (QED) is 0.626. The van der Waals surface area contributed by atoms with Gasteiger partial charge in [-0.1, -0.05) is 66.8 Å². The molecule has 0 N–H and O–H groups in total.